The van der Waals surface area contributed by atoms with Gasteiger partial charge >= 0.3 is 0 Å². The van der Waals surface area contributed by atoms with E-state index >= 15 is 0 Å². The lowest BCUT2D eigenvalue weighted by molar-refractivity contribution is -0.140. The molecule has 2 amide bonds. The van der Waals surface area contributed by atoms with Crippen molar-refractivity contribution in [1.82, 2.24) is 9.80 Å². The van der Waals surface area contributed by atoms with E-state index in [9.17, 15) is 14.7 Å². The summed E-state index contributed by atoms with van der Waals surface area (Å²) in [5.41, 5.74) is 0.553. The number of benzene rings is 1. The molecular formula is C23H28N2O4S. The minimum Gasteiger partial charge on any atom is -0.396 e. The lowest BCUT2D eigenvalue weighted by Crippen LogP contribution is -2.57. The minimum absolute atomic E-state index is 0.0706. The van der Waals surface area contributed by atoms with E-state index in [0.29, 0.717) is 38.9 Å². The standard InChI is InChI=1S/C23H28N2O4S/c1-29-21-19(16-26)23(25(22(21)28)15-17-6-3-2-4-7-17)9-11-24(12-10-23)20(27)14-18-8-5-13-30-18/h2-8,13,19,21,26H,9-12,14-16H2,1H3/t19-,21-/m1/s1. The van der Waals surface area contributed by atoms with Gasteiger partial charge in [0, 0.05) is 37.5 Å². The summed E-state index contributed by atoms with van der Waals surface area (Å²) in [5.74, 6) is -0.248. The number of aliphatic hydroxyl groups excluding tert-OH is 1. The number of carbonyl (C=O) groups is 2. The van der Waals surface area contributed by atoms with Gasteiger partial charge in [0.2, 0.25) is 5.91 Å². The van der Waals surface area contributed by atoms with Crippen molar-refractivity contribution in [2.75, 3.05) is 26.8 Å². The van der Waals surface area contributed by atoms with Gasteiger partial charge in [-0.1, -0.05) is 36.4 Å². The summed E-state index contributed by atoms with van der Waals surface area (Å²) in [7, 11) is 1.53. The first-order valence-corrected chi connectivity index (χ1v) is 11.3. The normalized spacial score (nSPS) is 23.3. The van der Waals surface area contributed by atoms with Crippen molar-refractivity contribution < 1.29 is 19.4 Å². The SMILES string of the molecule is CO[C@H]1C(=O)N(Cc2ccccc2)C2(CCN(C(=O)Cc3cccs3)CC2)[C@@H]1CO. The lowest BCUT2D eigenvalue weighted by Gasteiger charge is -2.47. The number of ether oxygens (including phenoxy) is 1. The molecule has 0 bridgehead atoms. The Labute approximate surface area is 181 Å². The fourth-order valence-corrected chi connectivity index (χ4v) is 5.71. The number of rotatable bonds is 6. The second-order valence-corrected chi connectivity index (χ2v) is 9.13. The average Bonchev–Trinajstić information content (AvgIpc) is 3.35. The molecule has 0 unspecified atom stereocenters. The van der Waals surface area contributed by atoms with Gasteiger partial charge < -0.3 is 19.6 Å². The number of amides is 2. The first-order chi connectivity index (χ1) is 14.6. The number of thiophene rings is 1. The van der Waals surface area contributed by atoms with E-state index in [-0.39, 0.29) is 24.3 Å². The van der Waals surface area contributed by atoms with E-state index in [1.807, 2.05) is 57.6 Å². The number of nitrogens with zero attached hydrogens (tertiary/aromatic N) is 2. The average molecular weight is 429 g/mol. The van der Waals surface area contributed by atoms with E-state index in [0.717, 1.165) is 10.4 Å². The first kappa shape index (κ1) is 21.0. The Morgan fingerprint density at radius 1 is 1.20 bits per heavy atom. The van der Waals surface area contributed by atoms with Crippen LogP contribution < -0.4 is 0 Å². The number of hydrogen-bond donors (Lipinski definition) is 1. The molecule has 1 aromatic heterocycles. The predicted molar refractivity (Wildman–Crippen MR) is 115 cm³/mol. The maximum atomic E-state index is 13.2. The van der Waals surface area contributed by atoms with Crippen LogP contribution in [0.4, 0.5) is 0 Å². The second kappa shape index (κ2) is 8.88. The van der Waals surface area contributed by atoms with Crippen LogP contribution in [0.25, 0.3) is 0 Å². The van der Waals surface area contributed by atoms with Gasteiger partial charge in [-0.15, -0.1) is 11.3 Å². The van der Waals surface area contributed by atoms with Gasteiger partial charge in [-0.25, -0.2) is 0 Å². The Bertz CT molecular complexity index is 863. The lowest BCUT2D eigenvalue weighted by atomic mass is 9.76. The third-order valence-corrected chi connectivity index (χ3v) is 7.50. The minimum atomic E-state index is -0.646. The number of likely N-dealkylation sites (tertiary alicyclic amines) is 2. The van der Waals surface area contributed by atoms with E-state index in [1.165, 1.54) is 7.11 Å². The van der Waals surface area contributed by atoms with Crippen molar-refractivity contribution in [2.24, 2.45) is 5.92 Å². The van der Waals surface area contributed by atoms with Crippen LogP contribution in [0.1, 0.15) is 23.3 Å². The molecule has 160 valence electrons. The molecule has 1 aromatic carbocycles. The fraction of sp³-hybridized carbons (Fsp3) is 0.478. The molecule has 2 fully saturated rings. The van der Waals surface area contributed by atoms with Crippen molar-refractivity contribution in [1.29, 1.82) is 0 Å². The van der Waals surface area contributed by atoms with Gasteiger partial charge in [-0.05, 0) is 29.9 Å². The highest BCUT2D eigenvalue weighted by Gasteiger charge is 2.59. The highest BCUT2D eigenvalue weighted by Crippen LogP contribution is 2.45. The Hall–Kier alpha value is -2.22. The third-order valence-electron chi connectivity index (χ3n) is 6.62. The molecular weight excluding hydrogens is 400 g/mol. The molecule has 7 heteroatoms. The van der Waals surface area contributed by atoms with Crippen LogP contribution in [0.5, 0.6) is 0 Å². The molecule has 3 heterocycles. The van der Waals surface area contributed by atoms with Crippen LogP contribution in [-0.2, 0) is 27.3 Å². The summed E-state index contributed by atoms with van der Waals surface area (Å²) in [4.78, 5) is 30.8. The molecule has 4 rings (SSSR count). The van der Waals surface area contributed by atoms with Crippen LogP contribution in [0.2, 0.25) is 0 Å². The Morgan fingerprint density at radius 3 is 2.53 bits per heavy atom. The zero-order chi connectivity index (χ0) is 21.1. The number of piperidine rings is 1. The molecule has 2 aliphatic rings. The zero-order valence-corrected chi connectivity index (χ0v) is 18.0. The molecule has 1 spiro atoms. The summed E-state index contributed by atoms with van der Waals surface area (Å²) < 4.78 is 5.54. The van der Waals surface area contributed by atoms with Crippen LogP contribution in [0, 0.1) is 5.92 Å². The Balaban J connectivity index is 1.54. The van der Waals surface area contributed by atoms with Crippen molar-refractivity contribution in [3.05, 3.63) is 58.3 Å². The van der Waals surface area contributed by atoms with Gasteiger partial charge in [-0.3, -0.25) is 9.59 Å². The molecule has 1 N–H and O–H groups in total. The molecule has 2 aromatic rings. The van der Waals surface area contributed by atoms with Crippen LogP contribution in [0.15, 0.2) is 47.8 Å². The highest BCUT2D eigenvalue weighted by molar-refractivity contribution is 7.10. The molecule has 2 aliphatic heterocycles. The van der Waals surface area contributed by atoms with E-state index in [4.69, 9.17) is 4.74 Å². The summed E-state index contributed by atoms with van der Waals surface area (Å²) in [6, 6.07) is 13.8. The summed E-state index contributed by atoms with van der Waals surface area (Å²) >= 11 is 1.59. The third kappa shape index (κ3) is 3.77. The first-order valence-electron chi connectivity index (χ1n) is 10.4. The van der Waals surface area contributed by atoms with E-state index in [1.54, 1.807) is 11.3 Å². The monoisotopic (exact) mass is 428 g/mol. The van der Waals surface area contributed by atoms with Gasteiger partial charge in [0.05, 0.1) is 18.6 Å². The molecule has 30 heavy (non-hydrogen) atoms. The predicted octanol–water partition coefficient (Wildman–Crippen LogP) is 2.32. The van der Waals surface area contributed by atoms with E-state index in [2.05, 4.69) is 0 Å². The smallest absolute Gasteiger partial charge is 0.252 e. The number of methoxy groups -OCH3 is 1. The van der Waals surface area contributed by atoms with Crippen LogP contribution >= 0.6 is 11.3 Å². The van der Waals surface area contributed by atoms with Gasteiger partial charge in [0.15, 0.2) is 0 Å². The Morgan fingerprint density at radius 2 is 1.93 bits per heavy atom. The van der Waals surface area contributed by atoms with Crippen molar-refractivity contribution >= 4 is 23.2 Å². The molecule has 0 aliphatic carbocycles. The molecule has 2 atom stereocenters. The van der Waals surface area contributed by atoms with Crippen molar-refractivity contribution in [2.45, 2.75) is 37.5 Å². The summed E-state index contributed by atoms with van der Waals surface area (Å²) in [6.07, 6.45) is 1.06. The topological polar surface area (TPSA) is 70.1 Å². The maximum absolute atomic E-state index is 13.2. The van der Waals surface area contributed by atoms with Crippen molar-refractivity contribution in [3.63, 3.8) is 0 Å². The second-order valence-electron chi connectivity index (χ2n) is 8.10. The maximum Gasteiger partial charge on any atom is 0.252 e. The molecule has 0 saturated carbocycles. The van der Waals surface area contributed by atoms with Gasteiger partial charge in [-0.2, -0.15) is 0 Å². The van der Waals surface area contributed by atoms with Crippen molar-refractivity contribution in [3.8, 4) is 0 Å². The fourth-order valence-electron chi connectivity index (χ4n) is 5.02. The summed E-state index contributed by atoms with van der Waals surface area (Å²) in [5, 5.41) is 12.2. The molecule has 6 nitrogen and oxygen atoms in total. The quantitative estimate of drug-likeness (QED) is 0.767. The number of hydrogen-bond acceptors (Lipinski definition) is 5. The van der Waals surface area contributed by atoms with Gasteiger partial charge in [0.25, 0.3) is 5.91 Å². The molecule has 0 radical (unpaired) electrons. The zero-order valence-electron chi connectivity index (χ0n) is 17.2. The van der Waals surface area contributed by atoms with Crippen LogP contribution in [0.3, 0.4) is 0 Å². The largest absolute Gasteiger partial charge is 0.396 e. The molecule has 2 saturated heterocycles. The van der Waals surface area contributed by atoms with E-state index < -0.39 is 11.6 Å². The highest BCUT2D eigenvalue weighted by atomic mass is 32.1. The summed E-state index contributed by atoms with van der Waals surface area (Å²) in [6.45, 7) is 1.53. The van der Waals surface area contributed by atoms with Gasteiger partial charge in [0.1, 0.15) is 6.10 Å². The number of carbonyl (C=O) groups excluding carboxylic acids is 2. The Kier molecular flexibility index (Phi) is 6.22. The van der Waals surface area contributed by atoms with Crippen LogP contribution in [-0.4, -0.2) is 65.2 Å². The number of aliphatic hydroxyl groups is 1.